The van der Waals surface area contributed by atoms with Gasteiger partial charge in [-0.3, -0.25) is 13.9 Å². The first kappa shape index (κ1) is 33.6. The number of ether oxygens (including phenoxy) is 1. The molecule has 3 rings (SSSR count). The molecule has 42 heavy (non-hydrogen) atoms. The minimum Gasteiger partial charge on any atom is -0.492 e. The molecule has 0 aliphatic heterocycles. The fourth-order valence-corrected chi connectivity index (χ4v) is 6.51. The number of anilines is 1. The molecular formula is C30H35Cl2N3O5S2. The second-order valence-corrected chi connectivity index (χ2v) is 12.8. The highest BCUT2D eigenvalue weighted by Crippen LogP contribution is 2.34. The van der Waals surface area contributed by atoms with Crippen LogP contribution in [0.2, 0.25) is 10.0 Å². The van der Waals surface area contributed by atoms with Gasteiger partial charge >= 0.3 is 0 Å². The highest BCUT2D eigenvalue weighted by atomic mass is 35.5. The first-order chi connectivity index (χ1) is 20.0. The number of nitrogens with one attached hydrogen (secondary N) is 1. The third-order valence-electron chi connectivity index (χ3n) is 6.47. The van der Waals surface area contributed by atoms with Crippen molar-refractivity contribution in [2.75, 3.05) is 30.3 Å². The number of benzene rings is 3. The van der Waals surface area contributed by atoms with Gasteiger partial charge < -0.3 is 15.0 Å². The van der Waals surface area contributed by atoms with Crippen LogP contribution in [-0.4, -0.2) is 57.1 Å². The molecule has 0 radical (unpaired) electrons. The van der Waals surface area contributed by atoms with Crippen LogP contribution < -0.4 is 14.4 Å². The second kappa shape index (κ2) is 15.5. The molecule has 0 fully saturated rings. The van der Waals surface area contributed by atoms with Gasteiger partial charge in [-0.05, 0) is 75.1 Å². The molecule has 0 aliphatic carbocycles. The van der Waals surface area contributed by atoms with Crippen LogP contribution in [0.25, 0.3) is 0 Å². The SMILES string of the molecule is CCCNC(=O)[C@H](C)N(Cc1c(Cl)cccc1Cl)C(=O)CN(c1ccccc1OCC)S(=O)(=O)c1ccc(SC)cc1. The Hall–Kier alpha value is -2.92. The molecule has 1 N–H and O–H groups in total. The van der Waals surface area contributed by atoms with E-state index in [2.05, 4.69) is 5.32 Å². The monoisotopic (exact) mass is 651 g/mol. The summed E-state index contributed by atoms with van der Waals surface area (Å²) >= 11 is 14.3. The summed E-state index contributed by atoms with van der Waals surface area (Å²) in [5.41, 5.74) is 0.640. The quantitative estimate of drug-likeness (QED) is 0.207. The maximum atomic E-state index is 14.1. The number of sulfonamides is 1. The Morgan fingerprint density at radius 2 is 1.62 bits per heavy atom. The van der Waals surface area contributed by atoms with Crippen LogP contribution in [0.4, 0.5) is 5.69 Å². The summed E-state index contributed by atoms with van der Waals surface area (Å²) in [5.74, 6) is -0.711. The van der Waals surface area contributed by atoms with E-state index < -0.39 is 28.5 Å². The molecule has 226 valence electrons. The summed E-state index contributed by atoms with van der Waals surface area (Å²) in [6, 6.07) is 17.0. The average molecular weight is 653 g/mol. The van der Waals surface area contributed by atoms with Gasteiger partial charge in [0, 0.05) is 33.6 Å². The molecule has 0 bridgehead atoms. The number of amides is 2. The second-order valence-electron chi connectivity index (χ2n) is 9.28. The Morgan fingerprint density at radius 3 is 2.21 bits per heavy atom. The lowest BCUT2D eigenvalue weighted by Crippen LogP contribution is -2.51. The van der Waals surface area contributed by atoms with Gasteiger partial charge in [-0.25, -0.2) is 8.42 Å². The van der Waals surface area contributed by atoms with Crippen LogP contribution >= 0.6 is 35.0 Å². The Labute approximate surface area is 262 Å². The lowest BCUT2D eigenvalue weighted by molar-refractivity contribution is -0.139. The molecule has 8 nitrogen and oxygen atoms in total. The third-order valence-corrected chi connectivity index (χ3v) is 9.69. The molecule has 12 heteroatoms. The van der Waals surface area contributed by atoms with E-state index in [9.17, 15) is 18.0 Å². The van der Waals surface area contributed by atoms with E-state index in [-0.39, 0.29) is 29.6 Å². The van der Waals surface area contributed by atoms with Crippen molar-refractivity contribution in [2.24, 2.45) is 0 Å². The van der Waals surface area contributed by atoms with E-state index in [4.69, 9.17) is 27.9 Å². The molecule has 0 saturated carbocycles. The molecule has 0 aliphatic rings. The number of nitrogens with zero attached hydrogens (tertiary/aromatic N) is 2. The number of hydrogen-bond donors (Lipinski definition) is 1. The minimum atomic E-state index is -4.25. The molecule has 0 unspecified atom stereocenters. The fraction of sp³-hybridized carbons (Fsp3) is 0.333. The zero-order chi connectivity index (χ0) is 30.9. The zero-order valence-corrected chi connectivity index (χ0v) is 27.1. The molecule has 3 aromatic carbocycles. The van der Waals surface area contributed by atoms with Crippen LogP contribution in [0.15, 0.2) is 76.5 Å². The molecular weight excluding hydrogens is 617 g/mol. The lowest BCUT2D eigenvalue weighted by atomic mass is 10.1. The van der Waals surface area contributed by atoms with Crippen LogP contribution in [0.3, 0.4) is 0 Å². The highest BCUT2D eigenvalue weighted by Gasteiger charge is 2.34. The summed E-state index contributed by atoms with van der Waals surface area (Å²) in [7, 11) is -4.25. The van der Waals surface area contributed by atoms with E-state index in [1.165, 1.54) is 28.8 Å². The van der Waals surface area contributed by atoms with Crippen LogP contribution in [-0.2, 0) is 26.2 Å². The van der Waals surface area contributed by atoms with E-state index in [1.807, 2.05) is 13.2 Å². The Balaban J connectivity index is 2.11. The third kappa shape index (κ3) is 8.12. The van der Waals surface area contributed by atoms with Gasteiger partial charge in [0.05, 0.1) is 17.2 Å². The Kier molecular flexibility index (Phi) is 12.4. The molecule has 3 aromatic rings. The first-order valence-corrected chi connectivity index (χ1v) is 16.9. The molecule has 0 spiro atoms. The maximum Gasteiger partial charge on any atom is 0.264 e. The number of thioether (sulfide) groups is 1. The number of carbonyl (C=O) groups excluding carboxylic acids is 2. The predicted molar refractivity (Wildman–Crippen MR) is 170 cm³/mol. The number of hydrogen-bond acceptors (Lipinski definition) is 6. The summed E-state index contributed by atoms with van der Waals surface area (Å²) in [5, 5.41) is 3.45. The van der Waals surface area contributed by atoms with Crippen molar-refractivity contribution in [3.8, 4) is 5.75 Å². The van der Waals surface area contributed by atoms with Crippen molar-refractivity contribution in [3.05, 3.63) is 82.3 Å². The van der Waals surface area contributed by atoms with Gasteiger partial charge in [0.1, 0.15) is 18.3 Å². The molecule has 1 atom stereocenters. The molecule has 2 amide bonds. The van der Waals surface area contributed by atoms with Crippen molar-refractivity contribution >= 4 is 62.5 Å². The van der Waals surface area contributed by atoms with Crippen molar-refractivity contribution in [1.82, 2.24) is 10.2 Å². The molecule has 0 saturated heterocycles. The van der Waals surface area contributed by atoms with Crippen molar-refractivity contribution < 1.29 is 22.7 Å². The van der Waals surface area contributed by atoms with E-state index in [0.717, 1.165) is 9.20 Å². The summed E-state index contributed by atoms with van der Waals surface area (Å²) in [4.78, 5) is 29.4. The number of rotatable bonds is 14. The standard InChI is InChI=1S/C30H35Cl2N3O5S2/c1-5-18-33-30(37)21(3)34(19-24-25(31)10-9-11-26(24)32)29(36)20-35(27-12-7-8-13-28(27)40-6-2)42(38,39)23-16-14-22(41-4)15-17-23/h7-17,21H,5-6,18-20H2,1-4H3,(H,33,37)/t21-/m0/s1. The number of carbonyl (C=O) groups is 2. The minimum absolute atomic E-state index is 0.00818. The largest absolute Gasteiger partial charge is 0.492 e. The van der Waals surface area contributed by atoms with Gasteiger partial charge in [-0.2, -0.15) is 0 Å². The van der Waals surface area contributed by atoms with E-state index in [0.29, 0.717) is 34.3 Å². The van der Waals surface area contributed by atoms with Crippen molar-refractivity contribution in [1.29, 1.82) is 0 Å². The van der Waals surface area contributed by atoms with Gasteiger partial charge in [0.15, 0.2) is 0 Å². The van der Waals surface area contributed by atoms with Crippen LogP contribution in [0.5, 0.6) is 5.75 Å². The first-order valence-electron chi connectivity index (χ1n) is 13.4. The van der Waals surface area contributed by atoms with Gasteiger partial charge in [0.25, 0.3) is 10.0 Å². The van der Waals surface area contributed by atoms with Gasteiger partial charge in [0.2, 0.25) is 11.8 Å². The Bertz CT molecular complexity index is 1470. The number of para-hydroxylation sites is 2. The lowest BCUT2D eigenvalue weighted by Gasteiger charge is -2.32. The topological polar surface area (TPSA) is 96.0 Å². The molecule has 0 heterocycles. The van der Waals surface area contributed by atoms with E-state index >= 15 is 0 Å². The normalized spacial score (nSPS) is 12.0. The summed E-state index contributed by atoms with van der Waals surface area (Å²) in [6.45, 7) is 5.28. The van der Waals surface area contributed by atoms with Gasteiger partial charge in [-0.1, -0.05) is 48.3 Å². The van der Waals surface area contributed by atoms with E-state index in [1.54, 1.807) is 68.4 Å². The van der Waals surface area contributed by atoms with Crippen molar-refractivity contribution in [3.63, 3.8) is 0 Å². The Morgan fingerprint density at radius 1 is 0.976 bits per heavy atom. The van der Waals surface area contributed by atoms with Crippen LogP contribution in [0, 0.1) is 0 Å². The summed E-state index contributed by atoms with van der Waals surface area (Å²) in [6.07, 6.45) is 2.60. The zero-order valence-electron chi connectivity index (χ0n) is 24.0. The maximum absolute atomic E-state index is 14.1. The fourth-order valence-electron chi connectivity index (χ4n) is 4.16. The molecule has 0 aromatic heterocycles. The highest BCUT2D eigenvalue weighted by molar-refractivity contribution is 7.98. The smallest absolute Gasteiger partial charge is 0.264 e. The average Bonchev–Trinajstić information content (AvgIpc) is 2.98. The predicted octanol–water partition coefficient (Wildman–Crippen LogP) is 6.25. The van der Waals surface area contributed by atoms with Crippen molar-refractivity contribution in [2.45, 2.75) is 49.6 Å². The van der Waals surface area contributed by atoms with Crippen LogP contribution in [0.1, 0.15) is 32.8 Å². The van der Waals surface area contributed by atoms with Gasteiger partial charge in [-0.15, -0.1) is 11.8 Å². The summed E-state index contributed by atoms with van der Waals surface area (Å²) < 4.78 is 35.0. The number of halogens is 2.